The summed E-state index contributed by atoms with van der Waals surface area (Å²) in [7, 11) is -3.66. The number of carbonyl (C=O) groups excluding carboxylic acids is 1. The second-order valence-electron chi connectivity index (χ2n) is 6.57. The molecule has 0 aliphatic rings. The van der Waals surface area contributed by atoms with Gasteiger partial charge in [0, 0.05) is 29.7 Å². The number of ether oxygens (including phenoxy) is 1. The van der Waals surface area contributed by atoms with Crippen molar-refractivity contribution in [3.8, 4) is 11.8 Å². The standard InChI is InChI=1S/C22H19N3O4S/c23-12-17-6-8-18(9-7-17)15-30(27,28)16-22(26)25-20-4-1-5-21(11-20)29-14-19-3-2-10-24-13-19/h1-11,13H,14-16H2,(H,25,26). The molecule has 1 amide bonds. The van der Waals surface area contributed by atoms with Crippen LogP contribution in [0.15, 0.2) is 73.1 Å². The van der Waals surface area contributed by atoms with Gasteiger partial charge in [-0.2, -0.15) is 5.26 Å². The topological polar surface area (TPSA) is 109 Å². The molecule has 1 heterocycles. The van der Waals surface area contributed by atoms with Gasteiger partial charge in [0.1, 0.15) is 18.1 Å². The Morgan fingerprint density at radius 2 is 1.87 bits per heavy atom. The van der Waals surface area contributed by atoms with E-state index in [-0.39, 0.29) is 5.75 Å². The largest absolute Gasteiger partial charge is 0.489 e. The molecule has 3 rings (SSSR count). The van der Waals surface area contributed by atoms with Crippen molar-refractivity contribution in [2.45, 2.75) is 12.4 Å². The highest BCUT2D eigenvalue weighted by molar-refractivity contribution is 7.91. The van der Waals surface area contributed by atoms with Crippen molar-refractivity contribution in [3.63, 3.8) is 0 Å². The van der Waals surface area contributed by atoms with Crippen molar-refractivity contribution in [3.05, 3.63) is 89.7 Å². The van der Waals surface area contributed by atoms with Crippen LogP contribution in [0.4, 0.5) is 5.69 Å². The fraction of sp³-hybridized carbons (Fsp3) is 0.136. The SMILES string of the molecule is N#Cc1ccc(CS(=O)(=O)CC(=O)Nc2cccc(OCc3cccnc3)c2)cc1. The zero-order valence-corrected chi connectivity index (χ0v) is 16.8. The summed E-state index contributed by atoms with van der Waals surface area (Å²) in [5.74, 6) is -1.01. The van der Waals surface area contributed by atoms with E-state index < -0.39 is 21.5 Å². The van der Waals surface area contributed by atoms with Crippen LogP contribution < -0.4 is 10.1 Å². The summed E-state index contributed by atoms with van der Waals surface area (Å²) < 4.78 is 30.3. The van der Waals surface area contributed by atoms with Gasteiger partial charge < -0.3 is 10.1 Å². The van der Waals surface area contributed by atoms with Crippen LogP contribution in [0, 0.1) is 11.3 Å². The zero-order chi connectivity index (χ0) is 21.4. The lowest BCUT2D eigenvalue weighted by atomic mass is 10.2. The van der Waals surface area contributed by atoms with E-state index in [0.29, 0.717) is 29.2 Å². The highest BCUT2D eigenvalue weighted by Crippen LogP contribution is 2.19. The predicted octanol–water partition coefficient (Wildman–Crippen LogP) is 3.09. The Labute approximate surface area is 174 Å². The number of nitriles is 1. The number of anilines is 1. The third-order valence-electron chi connectivity index (χ3n) is 4.07. The molecule has 0 bridgehead atoms. The summed E-state index contributed by atoms with van der Waals surface area (Å²) in [5.41, 5.74) is 2.31. The van der Waals surface area contributed by atoms with Crippen LogP contribution >= 0.6 is 0 Å². The number of aromatic nitrogens is 1. The van der Waals surface area contributed by atoms with Crippen LogP contribution in [0.3, 0.4) is 0 Å². The number of hydrogen-bond acceptors (Lipinski definition) is 6. The Morgan fingerprint density at radius 1 is 1.07 bits per heavy atom. The van der Waals surface area contributed by atoms with Gasteiger partial charge in [-0.05, 0) is 35.9 Å². The van der Waals surface area contributed by atoms with Gasteiger partial charge in [-0.1, -0.05) is 24.3 Å². The van der Waals surface area contributed by atoms with Crippen molar-refractivity contribution < 1.29 is 17.9 Å². The minimum absolute atomic E-state index is 0.277. The summed E-state index contributed by atoms with van der Waals surface area (Å²) in [5, 5.41) is 11.4. The summed E-state index contributed by atoms with van der Waals surface area (Å²) >= 11 is 0. The summed E-state index contributed by atoms with van der Waals surface area (Å²) in [4.78, 5) is 16.2. The number of sulfone groups is 1. The van der Waals surface area contributed by atoms with Crippen LogP contribution in [0.1, 0.15) is 16.7 Å². The fourth-order valence-corrected chi connectivity index (χ4v) is 3.97. The van der Waals surface area contributed by atoms with Crippen LogP contribution in [-0.4, -0.2) is 25.1 Å². The first kappa shape index (κ1) is 21.0. The third kappa shape index (κ3) is 6.43. The molecule has 0 unspecified atom stereocenters. The monoisotopic (exact) mass is 421 g/mol. The normalized spacial score (nSPS) is 10.8. The molecule has 0 aliphatic carbocycles. The molecule has 152 valence electrons. The second kappa shape index (κ2) is 9.67. The summed E-state index contributed by atoms with van der Waals surface area (Å²) in [6.45, 7) is 0.324. The lowest BCUT2D eigenvalue weighted by Crippen LogP contribution is -2.24. The van der Waals surface area contributed by atoms with E-state index in [2.05, 4.69) is 10.3 Å². The van der Waals surface area contributed by atoms with Gasteiger partial charge in [0.25, 0.3) is 0 Å². The first-order valence-corrected chi connectivity index (χ1v) is 10.9. The predicted molar refractivity (Wildman–Crippen MR) is 112 cm³/mol. The van der Waals surface area contributed by atoms with E-state index in [1.165, 1.54) is 0 Å². The number of nitrogens with zero attached hydrogens (tertiary/aromatic N) is 2. The molecule has 0 aliphatic heterocycles. The lowest BCUT2D eigenvalue weighted by molar-refractivity contribution is -0.113. The number of nitrogens with one attached hydrogen (secondary N) is 1. The molecule has 0 spiro atoms. The van der Waals surface area contributed by atoms with Gasteiger partial charge in [0.05, 0.1) is 17.4 Å². The number of rotatable bonds is 8. The minimum Gasteiger partial charge on any atom is -0.489 e. The molecule has 1 N–H and O–H groups in total. The molecular weight excluding hydrogens is 402 g/mol. The Bertz CT molecular complexity index is 1150. The molecule has 0 saturated heterocycles. The van der Waals surface area contributed by atoms with E-state index in [9.17, 15) is 13.2 Å². The first-order chi connectivity index (χ1) is 14.4. The molecule has 0 radical (unpaired) electrons. The van der Waals surface area contributed by atoms with Crippen LogP contribution in [0.5, 0.6) is 5.75 Å². The zero-order valence-electron chi connectivity index (χ0n) is 16.0. The maximum absolute atomic E-state index is 12.3. The molecule has 8 heteroatoms. The van der Waals surface area contributed by atoms with Gasteiger partial charge >= 0.3 is 0 Å². The quantitative estimate of drug-likeness (QED) is 0.599. The molecule has 2 aromatic carbocycles. The van der Waals surface area contributed by atoms with Crippen molar-refractivity contribution in [2.24, 2.45) is 0 Å². The molecule has 0 fully saturated rings. The number of pyridine rings is 1. The van der Waals surface area contributed by atoms with Gasteiger partial charge in [0.15, 0.2) is 9.84 Å². The average molecular weight is 421 g/mol. The number of hydrogen-bond donors (Lipinski definition) is 1. The maximum atomic E-state index is 12.3. The third-order valence-corrected chi connectivity index (χ3v) is 5.54. The van der Waals surface area contributed by atoms with Crippen molar-refractivity contribution in [1.82, 2.24) is 4.98 Å². The van der Waals surface area contributed by atoms with E-state index in [4.69, 9.17) is 10.00 Å². The van der Waals surface area contributed by atoms with Crippen LogP contribution in [0.2, 0.25) is 0 Å². The summed E-state index contributed by atoms with van der Waals surface area (Å²) in [6.07, 6.45) is 3.37. The molecule has 30 heavy (non-hydrogen) atoms. The Hall–Kier alpha value is -3.70. The molecule has 3 aromatic rings. The molecule has 0 saturated carbocycles. The minimum atomic E-state index is -3.66. The Morgan fingerprint density at radius 3 is 2.57 bits per heavy atom. The fourth-order valence-electron chi connectivity index (χ4n) is 2.69. The second-order valence-corrected chi connectivity index (χ2v) is 8.63. The first-order valence-electron chi connectivity index (χ1n) is 9.05. The highest BCUT2D eigenvalue weighted by Gasteiger charge is 2.18. The lowest BCUT2D eigenvalue weighted by Gasteiger charge is -2.10. The number of carbonyl (C=O) groups is 1. The van der Waals surface area contributed by atoms with Crippen molar-refractivity contribution in [1.29, 1.82) is 5.26 Å². The maximum Gasteiger partial charge on any atom is 0.239 e. The van der Waals surface area contributed by atoms with Gasteiger partial charge in [-0.15, -0.1) is 0 Å². The summed E-state index contributed by atoms with van der Waals surface area (Å²) in [6, 6.07) is 18.6. The molecule has 1 aromatic heterocycles. The number of amides is 1. The van der Waals surface area contributed by atoms with Crippen molar-refractivity contribution >= 4 is 21.4 Å². The van der Waals surface area contributed by atoms with E-state index >= 15 is 0 Å². The van der Waals surface area contributed by atoms with Crippen LogP contribution in [0.25, 0.3) is 0 Å². The molecule has 7 nitrogen and oxygen atoms in total. The van der Waals surface area contributed by atoms with Crippen LogP contribution in [-0.2, 0) is 27.0 Å². The highest BCUT2D eigenvalue weighted by atomic mass is 32.2. The van der Waals surface area contributed by atoms with Gasteiger partial charge in [-0.3, -0.25) is 9.78 Å². The van der Waals surface area contributed by atoms with Gasteiger partial charge in [0.2, 0.25) is 5.91 Å². The number of benzene rings is 2. The molecule has 0 atom stereocenters. The average Bonchev–Trinajstić information content (AvgIpc) is 2.73. The molecular formula is C22H19N3O4S. The van der Waals surface area contributed by atoms with E-state index in [0.717, 1.165) is 5.56 Å². The van der Waals surface area contributed by atoms with Crippen molar-refractivity contribution in [2.75, 3.05) is 11.1 Å². The van der Waals surface area contributed by atoms with E-state index in [1.54, 1.807) is 60.9 Å². The van der Waals surface area contributed by atoms with E-state index in [1.807, 2.05) is 18.2 Å². The van der Waals surface area contributed by atoms with Gasteiger partial charge in [-0.25, -0.2) is 8.42 Å². The Kier molecular flexibility index (Phi) is 6.78. The smallest absolute Gasteiger partial charge is 0.239 e. The Balaban J connectivity index is 1.56.